The van der Waals surface area contributed by atoms with Crippen LogP contribution in [0.5, 0.6) is 5.75 Å². The number of aromatic nitrogens is 1. The van der Waals surface area contributed by atoms with E-state index in [0.717, 1.165) is 61.0 Å². The number of hydrazine groups is 1. The summed E-state index contributed by atoms with van der Waals surface area (Å²) < 4.78 is 6.06. The number of nitrogen functional groups attached to an aromatic ring is 1. The average molecular weight is 437 g/mol. The first kappa shape index (κ1) is 23.5. The maximum Gasteiger partial charge on any atom is 0.252 e. The number of nitrogens with one attached hydrogen (secondary N) is 2. The zero-order chi connectivity index (χ0) is 22.8. The van der Waals surface area contributed by atoms with Gasteiger partial charge in [0.15, 0.2) is 5.78 Å². The van der Waals surface area contributed by atoms with E-state index in [-0.39, 0.29) is 11.7 Å². The summed E-state index contributed by atoms with van der Waals surface area (Å²) in [6.45, 7) is 5.12. The number of hydrogen-bond acceptors (Lipinski definition) is 6. The summed E-state index contributed by atoms with van der Waals surface area (Å²) in [5.74, 6) is 6.76. The number of nitrogens with two attached hydrogens (primary N) is 1. The van der Waals surface area contributed by atoms with Crippen LogP contribution in [0.1, 0.15) is 70.4 Å². The molecule has 0 atom stereocenters. The molecule has 7 nitrogen and oxygen atoms in total. The fourth-order valence-electron chi connectivity index (χ4n) is 3.96. The van der Waals surface area contributed by atoms with Crippen molar-refractivity contribution in [3.8, 4) is 5.75 Å². The Bertz CT molecular complexity index is 941. The molecule has 0 unspecified atom stereocenters. The highest BCUT2D eigenvalue weighted by molar-refractivity contribution is 5.99. The van der Waals surface area contributed by atoms with Crippen LogP contribution in [0.15, 0.2) is 43.1 Å². The maximum atomic E-state index is 12.2. The zero-order valence-electron chi connectivity index (χ0n) is 18.5. The predicted octanol–water partition coefficient (Wildman–Crippen LogP) is 3.98. The Balaban J connectivity index is 1.36. The van der Waals surface area contributed by atoms with Crippen LogP contribution in [0, 0.1) is 0 Å². The van der Waals surface area contributed by atoms with Crippen molar-refractivity contribution in [1.82, 2.24) is 10.3 Å². The lowest BCUT2D eigenvalue weighted by Gasteiger charge is -2.21. The molecule has 1 aromatic carbocycles. The normalized spacial score (nSPS) is 12.7. The molecule has 1 heterocycles. The van der Waals surface area contributed by atoms with Crippen molar-refractivity contribution in [1.29, 1.82) is 0 Å². The third-order valence-corrected chi connectivity index (χ3v) is 5.66. The Kier molecular flexibility index (Phi) is 8.80. The summed E-state index contributed by atoms with van der Waals surface area (Å²) in [5, 5.41) is 2.91. The van der Waals surface area contributed by atoms with E-state index in [2.05, 4.69) is 22.3 Å². The number of amides is 1. The Morgan fingerprint density at radius 3 is 2.75 bits per heavy atom. The molecule has 0 aliphatic heterocycles. The summed E-state index contributed by atoms with van der Waals surface area (Å²) in [4.78, 5) is 28.3. The fraction of sp³-hybridized carbons (Fsp3) is 0.400. The number of benzene rings is 1. The molecular formula is C25H32N4O3. The molecule has 0 saturated carbocycles. The van der Waals surface area contributed by atoms with Gasteiger partial charge in [0.05, 0.1) is 12.2 Å². The van der Waals surface area contributed by atoms with Crippen molar-refractivity contribution in [2.75, 3.05) is 18.6 Å². The smallest absolute Gasteiger partial charge is 0.252 e. The topological polar surface area (TPSA) is 106 Å². The molecule has 1 aromatic heterocycles. The summed E-state index contributed by atoms with van der Waals surface area (Å²) in [6, 6.07) is 7.19. The zero-order valence-corrected chi connectivity index (χ0v) is 18.5. The molecule has 0 bridgehead atoms. The lowest BCUT2D eigenvalue weighted by Crippen LogP contribution is -2.24. The van der Waals surface area contributed by atoms with Crippen molar-refractivity contribution in [3.05, 3.63) is 65.4 Å². The molecule has 1 aliphatic carbocycles. The van der Waals surface area contributed by atoms with E-state index in [1.807, 2.05) is 18.2 Å². The Morgan fingerprint density at radius 2 is 2.00 bits per heavy atom. The van der Waals surface area contributed by atoms with E-state index in [4.69, 9.17) is 10.6 Å². The molecule has 2 aromatic rings. The van der Waals surface area contributed by atoms with Gasteiger partial charge in [-0.1, -0.05) is 18.9 Å². The first-order valence-electron chi connectivity index (χ1n) is 11.3. The standard InChI is InChI=1S/C25H32N4O3/c1-2-8-21-19-9-7-10-22(30)20(19)12-13-23(21)32-16-6-4-3-5-15-27-25(31)18-11-14-24(29-26)28-17-18/h2,11-14,17H,1,3-10,15-16,26H2,(H,27,31)(H,28,29). The van der Waals surface area contributed by atoms with E-state index in [1.54, 1.807) is 12.1 Å². The number of nitrogens with zero attached hydrogens (tertiary/aromatic N) is 1. The summed E-state index contributed by atoms with van der Waals surface area (Å²) in [5.41, 5.74) is 6.05. The monoisotopic (exact) mass is 436 g/mol. The molecule has 0 fully saturated rings. The van der Waals surface area contributed by atoms with Gasteiger partial charge in [-0.15, -0.1) is 6.58 Å². The number of ketones is 1. The van der Waals surface area contributed by atoms with Gasteiger partial charge >= 0.3 is 0 Å². The molecule has 170 valence electrons. The second-order valence-corrected chi connectivity index (χ2v) is 7.93. The highest BCUT2D eigenvalue weighted by Crippen LogP contribution is 2.32. The van der Waals surface area contributed by atoms with Gasteiger partial charge in [0.25, 0.3) is 5.91 Å². The third kappa shape index (κ3) is 6.17. The number of unbranched alkanes of at least 4 members (excludes halogenated alkanes) is 3. The SMILES string of the molecule is C=CCc1c(OCCCCCCNC(=O)c2ccc(NN)nc2)ccc2c1CCCC2=O. The van der Waals surface area contributed by atoms with Crippen molar-refractivity contribution in [2.45, 2.75) is 51.4 Å². The molecule has 1 amide bonds. The van der Waals surface area contributed by atoms with Crippen molar-refractivity contribution >= 4 is 17.5 Å². The van der Waals surface area contributed by atoms with E-state index in [9.17, 15) is 9.59 Å². The van der Waals surface area contributed by atoms with Crippen molar-refractivity contribution in [2.24, 2.45) is 5.84 Å². The highest BCUT2D eigenvalue weighted by atomic mass is 16.5. The largest absolute Gasteiger partial charge is 0.493 e. The number of allylic oxidation sites excluding steroid dienone is 1. The number of carbonyl (C=O) groups is 2. The number of fused-ring (bicyclic) bond motifs is 1. The summed E-state index contributed by atoms with van der Waals surface area (Å²) in [7, 11) is 0. The molecule has 32 heavy (non-hydrogen) atoms. The molecule has 4 N–H and O–H groups in total. The first-order chi connectivity index (χ1) is 15.6. The van der Waals surface area contributed by atoms with Gasteiger partial charge < -0.3 is 15.5 Å². The van der Waals surface area contributed by atoms with Crippen LogP contribution in [0.2, 0.25) is 0 Å². The number of anilines is 1. The third-order valence-electron chi connectivity index (χ3n) is 5.66. The molecule has 1 aliphatic rings. The minimum absolute atomic E-state index is 0.134. The van der Waals surface area contributed by atoms with Gasteiger partial charge in [0.2, 0.25) is 0 Å². The van der Waals surface area contributed by atoms with Crippen LogP contribution in [-0.2, 0) is 12.8 Å². The minimum Gasteiger partial charge on any atom is -0.493 e. The molecule has 0 radical (unpaired) electrons. The number of Topliss-reactive ketones (excluding diaryl/α,β-unsaturated/α-hetero) is 1. The number of hydrogen-bond donors (Lipinski definition) is 3. The number of carbonyl (C=O) groups excluding carboxylic acids is 2. The van der Waals surface area contributed by atoms with Crippen LogP contribution < -0.4 is 21.3 Å². The molecule has 0 saturated heterocycles. The van der Waals surface area contributed by atoms with Gasteiger partial charge in [-0.25, -0.2) is 10.8 Å². The van der Waals surface area contributed by atoms with E-state index < -0.39 is 0 Å². The lowest BCUT2D eigenvalue weighted by atomic mass is 9.86. The minimum atomic E-state index is -0.134. The molecular weight excluding hydrogens is 404 g/mol. The Morgan fingerprint density at radius 1 is 1.16 bits per heavy atom. The van der Waals surface area contributed by atoms with Crippen LogP contribution in [0.3, 0.4) is 0 Å². The fourth-order valence-corrected chi connectivity index (χ4v) is 3.96. The summed E-state index contributed by atoms with van der Waals surface area (Å²) >= 11 is 0. The maximum absolute atomic E-state index is 12.2. The summed E-state index contributed by atoms with van der Waals surface area (Å²) in [6.07, 6.45) is 10.4. The van der Waals surface area contributed by atoms with Crippen molar-refractivity contribution < 1.29 is 14.3 Å². The lowest BCUT2D eigenvalue weighted by molar-refractivity contribution is 0.0949. The van der Waals surface area contributed by atoms with Gasteiger partial charge in [0, 0.05) is 30.3 Å². The Labute approximate surface area is 189 Å². The van der Waals surface area contributed by atoms with E-state index in [1.165, 1.54) is 6.20 Å². The average Bonchev–Trinajstić information content (AvgIpc) is 2.82. The number of pyridine rings is 1. The van der Waals surface area contributed by atoms with Gasteiger partial charge in [-0.05, 0) is 61.9 Å². The van der Waals surface area contributed by atoms with Crippen molar-refractivity contribution in [3.63, 3.8) is 0 Å². The number of ether oxygens (including phenoxy) is 1. The second kappa shape index (κ2) is 12.0. The highest BCUT2D eigenvalue weighted by Gasteiger charge is 2.21. The first-order valence-corrected chi connectivity index (χ1v) is 11.3. The van der Waals surface area contributed by atoms with E-state index >= 15 is 0 Å². The molecule has 3 rings (SSSR count). The quantitative estimate of drug-likeness (QED) is 0.201. The van der Waals surface area contributed by atoms with Crippen LogP contribution in [0.25, 0.3) is 0 Å². The predicted molar refractivity (Wildman–Crippen MR) is 126 cm³/mol. The van der Waals surface area contributed by atoms with Gasteiger partial charge in [-0.2, -0.15) is 0 Å². The van der Waals surface area contributed by atoms with Gasteiger partial charge in [-0.3, -0.25) is 9.59 Å². The van der Waals surface area contributed by atoms with Gasteiger partial charge in [0.1, 0.15) is 11.6 Å². The molecule has 7 heteroatoms. The van der Waals surface area contributed by atoms with Crippen LogP contribution >= 0.6 is 0 Å². The molecule has 0 spiro atoms. The number of rotatable bonds is 12. The van der Waals surface area contributed by atoms with E-state index in [0.29, 0.717) is 37.4 Å². The second-order valence-electron chi connectivity index (χ2n) is 7.93. The van der Waals surface area contributed by atoms with Crippen LogP contribution in [0.4, 0.5) is 5.82 Å². The Hall–Kier alpha value is -3.19. The van der Waals surface area contributed by atoms with Crippen LogP contribution in [-0.4, -0.2) is 29.8 Å².